The Kier molecular flexibility index (Phi) is 3.99. The minimum atomic E-state index is -0.266. The van der Waals surface area contributed by atoms with Crippen molar-refractivity contribution in [3.8, 4) is 5.75 Å². The molecule has 0 aliphatic carbocycles. The zero-order valence-corrected chi connectivity index (χ0v) is 9.53. The van der Waals surface area contributed by atoms with Gasteiger partial charge in [-0.3, -0.25) is 0 Å². The quantitative estimate of drug-likeness (QED) is 0.540. The number of phenolic OH excluding ortho intramolecular Hbond substituents is 1. The summed E-state index contributed by atoms with van der Waals surface area (Å²) >= 11 is 0. The molecule has 16 heavy (non-hydrogen) atoms. The van der Waals surface area contributed by atoms with Gasteiger partial charge < -0.3 is 21.1 Å². The number of nitrogen functional groups attached to an aromatic ring is 1. The lowest BCUT2D eigenvalue weighted by Crippen LogP contribution is -2.34. The van der Waals surface area contributed by atoms with E-state index in [9.17, 15) is 9.90 Å². The summed E-state index contributed by atoms with van der Waals surface area (Å²) in [7, 11) is 0. The number of urea groups is 1. The summed E-state index contributed by atoms with van der Waals surface area (Å²) in [5, 5.41) is 12.1. The summed E-state index contributed by atoms with van der Waals surface area (Å²) in [6, 6.07) is 4.46. The van der Waals surface area contributed by atoms with Crippen molar-refractivity contribution in [1.82, 2.24) is 4.90 Å². The van der Waals surface area contributed by atoms with Crippen LogP contribution in [0.4, 0.5) is 16.2 Å². The van der Waals surface area contributed by atoms with E-state index in [1.54, 1.807) is 17.0 Å². The lowest BCUT2D eigenvalue weighted by atomic mass is 10.2. The van der Waals surface area contributed by atoms with Gasteiger partial charge in [0, 0.05) is 13.1 Å². The highest BCUT2D eigenvalue weighted by atomic mass is 16.3. The highest BCUT2D eigenvalue weighted by Gasteiger charge is 2.13. The largest absolute Gasteiger partial charge is 0.506 e. The maximum atomic E-state index is 11.7. The normalized spacial score (nSPS) is 9.88. The first-order valence-electron chi connectivity index (χ1n) is 5.23. The smallest absolute Gasteiger partial charge is 0.321 e. The molecular formula is C11H17N3O2. The molecule has 5 nitrogen and oxygen atoms in total. The fourth-order valence-electron chi connectivity index (χ4n) is 1.39. The lowest BCUT2D eigenvalue weighted by Gasteiger charge is -2.20. The molecule has 0 atom stereocenters. The molecule has 1 aromatic carbocycles. The molecule has 0 unspecified atom stereocenters. The van der Waals surface area contributed by atoms with Gasteiger partial charge in [-0.25, -0.2) is 4.79 Å². The number of hydrogen-bond donors (Lipinski definition) is 3. The van der Waals surface area contributed by atoms with Gasteiger partial charge in [0.1, 0.15) is 11.4 Å². The SMILES string of the molecule is CCN(CC)C(=O)Nc1c(N)cccc1O. The van der Waals surface area contributed by atoms with Gasteiger partial charge in [-0.05, 0) is 26.0 Å². The Hall–Kier alpha value is -1.91. The van der Waals surface area contributed by atoms with E-state index < -0.39 is 0 Å². The summed E-state index contributed by atoms with van der Waals surface area (Å²) in [4.78, 5) is 13.3. The Balaban J connectivity index is 2.84. The average Bonchev–Trinajstić information content (AvgIpc) is 2.25. The number of nitrogens with zero attached hydrogens (tertiary/aromatic N) is 1. The van der Waals surface area contributed by atoms with E-state index in [0.29, 0.717) is 18.8 Å². The first-order chi connectivity index (χ1) is 7.60. The van der Waals surface area contributed by atoms with E-state index in [4.69, 9.17) is 5.73 Å². The van der Waals surface area contributed by atoms with Gasteiger partial charge in [-0.15, -0.1) is 0 Å². The fourth-order valence-corrected chi connectivity index (χ4v) is 1.39. The van der Waals surface area contributed by atoms with E-state index >= 15 is 0 Å². The highest BCUT2D eigenvalue weighted by molar-refractivity contribution is 5.94. The minimum absolute atomic E-state index is 0.0273. The molecule has 0 bridgehead atoms. The van der Waals surface area contributed by atoms with E-state index in [2.05, 4.69) is 5.32 Å². The maximum absolute atomic E-state index is 11.7. The molecule has 1 aromatic rings. The van der Waals surface area contributed by atoms with Gasteiger partial charge in [0.15, 0.2) is 0 Å². The Bertz CT molecular complexity index is 355. The van der Waals surface area contributed by atoms with Crippen molar-refractivity contribution in [1.29, 1.82) is 0 Å². The third-order valence-corrected chi connectivity index (χ3v) is 2.36. The van der Waals surface area contributed by atoms with Crippen LogP contribution in [0.25, 0.3) is 0 Å². The lowest BCUT2D eigenvalue weighted by molar-refractivity contribution is 0.217. The fraction of sp³-hybridized carbons (Fsp3) is 0.364. The van der Waals surface area contributed by atoms with E-state index in [1.165, 1.54) is 6.07 Å². The first-order valence-corrected chi connectivity index (χ1v) is 5.23. The van der Waals surface area contributed by atoms with Crippen LogP contribution in [0.5, 0.6) is 5.75 Å². The molecule has 0 heterocycles. The molecule has 0 spiro atoms. The van der Waals surface area contributed by atoms with Gasteiger partial charge in [0.2, 0.25) is 0 Å². The molecule has 0 aliphatic rings. The summed E-state index contributed by atoms with van der Waals surface area (Å²) in [5.74, 6) is -0.0273. The topological polar surface area (TPSA) is 78.6 Å². The van der Waals surface area contributed by atoms with Crippen LogP contribution in [-0.2, 0) is 0 Å². The third kappa shape index (κ3) is 2.56. The van der Waals surface area contributed by atoms with E-state index in [-0.39, 0.29) is 17.5 Å². The van der Waals surface area contributed by atoms with Gasteiger partial charge in [0.05, 0.1) is 5.69 Å². The molecule has 0 radical (unpaired) electrons. The van der Waals surface area contributed by atoms with Crippen LogP contribution >= 0.6 is 0 Å². The van der Waals surface area contributed by atoms with Gasteiger partial charge in [-0.1, -0.05) is 6.07 Å². The monoisotopic (exact) mass is 223 g/mol. The van der Waals surface area contributed by atoms with Crippen molar-refractivity contribution < 1.29 is 9.90 Å². The number of hydrogen-bond acceptors (Lipinski definition) is 3. The van der Waals surface area contributed by atoms with Gasteiger partial charge >= 0.3 is 6.03 Å². The Labute approximate surface area is 94.9 Å². The van der Waals surface area contributed by atoms with Crippen molar-refractivity contribution >= 4 is 17.4 Å². The number of amides is 2. The number of carbonyl (C=O) groups excluding carboxylic acids is 1. The van der Waals surface area contributed by atoms with E-state index in [1.807, 2.05) is 13.8 Å². The Morgan fingerprint density at radius 2 is 2.06 bits per heavy atom. The van der Waals surface area contributed by atoms with Crippen molar-refractivity contribution in [3.05, 3.63) is 18.2 Å². The maximum Gasteiger partial charge on any atom is 0.321 e. The first kappa shape index (κ1) is 12.2. The number of benzene rings is 1. The number of anilines is 2. The van der Waals surface area contributed by atoms with Crippen LogP contribution in [0.1, 0.15) is 13.8 Å². The molecule has 5 heteroatoms. The summed E-state index contributed by atoms with van der Waals surface area (Å²) in [6.07, 6.45) is 0. The second-order valence-corrected chi connectivity index (χ2v) is 3.34. The van der Waals surface area contributed by atoms with Crippen LogP contribution in [-0.4, -0.2) is 29.1 Å². The Morgan fingerprint density at radius 3 is 2.56 bits per heavy atom. The molecule has 0 aromatic heterocycles. The zero-order valence-electron chi connectivity index (χ0n) is 9.53. The number of para-hydroxylation sites is 1. The van der Waals surface area contributed by atoms with Crippen molar-refractivity contribution in [2.24, 2.45) is 0 Å². The number of nitrogens with two attached hydrogens (primary N) is 1. The van der Waals surface area contributed by atoms with Crippen LogP contribution in [0.15, 0.2) is 18.2 Å². The van der Waals surface area contributed by atoms with E-state index in [0.717, 1.165) is 0 Å². The predicted molar refractivity (Wildman–Crippen MR) is 64.5 cm³/mol. The predicted octanol–water partition coefficient (Wildman–Crippen LogP) is 1.85. The molecule has 88 valence electrons. The molecule has 1 rings (SSSR count). The third-order valence-electron chi connectivity index (χ3n) is 2.36. The average molecular weight is 223 g/mol. The number of aromatic hydroxyl groups is 1. The Morgan fingerprint density at radius 1 is 1.44 bits per heavy atom. The number of rotatable bonds is 3. The van der Waals surface area contributed by atoms with Crippen molar-refractivity contribution in [3.63, 3.8) is 0 Å². The van der Waals surface area contributed by atoms with Crippen LogP contribution in [0.3, 0.4) is 0 Å². The standard InChI is InChI=1S/C11H17N3O2/c1-3-14(4-2)11(16)13-10-8(12)6-5-7-9(10)15/h5-7,15H,3-4,12H2,1-2H3,(H,13,16). The second-order valence-electron chi connectivity index (χ2n) is 3.34. The number of phenols is 1. The molecular weight excluding hydrogens is 206 g/mol. The highest BCUT2D eigenvalue weighted by Crippen LogP contribution is 2.29. The second kappa shape index (κ2) is 5.25. The van der Waals surface area contributed by atoms with Crippen molar-refractivity contribution in [2.45, 2.75) is 13.8 Å². The molecule has 0 aliphatic heterocycles. The van der Waals surface area contributed by atoms with Gasteiger partial charge in [-0.2, -0.15) is 0 Å². The molecule has 0 fully saturated rings. The van der Waals surface area contributed by atoms with Gasteiger partial charge in [0.25, 0.3) is 0 Å². The van der Waals surface area contributed by atoms with Crippen LogP contribution < -0.4 is 11.1 Å². The number of carbonyl (C=O) groups is 1. The summed E-state index contributed by atoms with van der Waals surface area (Å²) in [6.45, 7) is 4.99. The molecule has 0 saturated carbocycles. The van der Waals surface area contributed by atoms with Crippen molar-refractivity contribution in [2.75, 3.05) is 24.1 Å². The molecule has 2 amide bonds. The summed E-state index contributed by atoms with van der Waals surface area (Å²) < 4.78 is 0. The molecule has 0 saturated heterocycles. The van der Waals surface area contributed by atoms with Crippen LogP contribution in [0, 0.1) is 0 Å². The van der Waals surface area contributed by atoms with Crippen LogP contribution in [0.2, 0.25) is 0 Å². The number of nitrogens with one attached hydrogen (secondary N) is 1. The zero-order chi connectivity index (χ0) is 12.1. The summed E-state index contributed by atoms with van der Waals surface area (Å²) in [5.41, 5.74) is 6.27. The molecule has 4 N–H and O–H groups in total. The minimum Gasteiger partial charge on any atom is -0.506 e.